The average Bonchev–Trinajstić information content (AvgIpc) is 3.25. The van der Waals surface area contributed by atoms with E-state index in [4.69, 9.17) is 14.2 Å². The van der Waals surface area contributed by atoms with Gasteiger partial charge in [-0.1, -0.05) is 36.4 Å². The fourth-order valence-electron chi connectivity index (χ4n) is 4.04. The third kappa shape index (κ3) is 3.01. The summed E-state index contributed by atoms with van der Waals surface area (Å²) in [6.45, 7) is 4.01. The lowest BCUT2D eigenvalue weighted by molar-refractivity contribution is -0.383. The summed E-state index contributed by atoms with van der Waals surface area (Å²) in [6, 6.07) is 16.0. The van der Waals surface area contributed by atoms with Crippen molar-refractivity contribution in [3.8, 4) is 0 Å². The molecule has 0 bridgehead atoms. The van der Waals surface area contributed by atoms with Gasteiger partial charge in [0, 0.05) is 28.2 Å². The monoisotopic (exact) mass is 390 g/mol. The lowest BCUT2D eigenvalue weighted by Crippen LogP contribution is -2.32. The van der Waals surface area contributed by atoms with Gasteiger partial charge in [-0.25, -0.2) is 4.79 Å². The van der Waals surface area contributed by atoms with Gasteiger partial charge >= 0.3 is 5.97 Å². The highest BCUT2D eigenvalue weighted by molar-refractivity contribution is 5.99. The van der Waals surface area contributed by atoms with E-state index < -0.39 is 6.29 Å². The minimum absolute atomic E-state index is 0.220. The van der Waals surface area contributed by atoms with Gasteiger partial charge < -0.3 is 24.2 Å². The number of aromatic amines is 2. The van der Waals surface area contributed by atoms with Crippen LogP contribution in [0.3, 0.4) is 0 Å². The van der Waals surface area contributed by atoms with E-state index in [1.54, 1.807) is 0 Å². The maximum absolute atomic E-state index is 12.6. The molecule has 0 amide bonds. The van der Waals surface area contributed by atoms with E-state index >= 15 is 0 Å². The Labute approximate surface area is 167 Å². The van der Waals surface area contributed by atoms with Crippen LogP contribution in [-0.2, 0) is 20.6 Å². The van der Waals surface area contributed by atoms with Gasteiger partial charge in [0.25, 0.3) is 0 Å². The zero-order chi connectivity index (χ0) is 20.0. The Bertz CT molecular complexity index is 1200. The Morgan fingerprint density at radius 1 is 0.966 bits per heavy atom. The third-order valence-electron chi connectivity index (χ3n) is 5.36. The number of carbonyl (C=O) groups is 1. The van der Waals surface area contributed by atoms with Gasteiger partial charge in [-0.2, -0.15) is 0 Å². The number of aromatic nitrogens is 2. The second-order valence-corrected chi connectivity index (χ2v) is 7.16. The molecule has 6 nitrogen and oxygen atoms in total. The van der Waals surface area contributed by atoms with Crippen LogP contribution >= 0.6 is 0 Å². The molecule has 1 aliphatic heterocycles. The van der Waals surface area contributed by atoms with Gasteiger partial charge in [0.05, 0.1) is 12.3 Å². The number of carbonyl (C=O) groups excluding carboxylic acids is 1. The van der Waals surface area contributed by atoms with Crippen LogP contribution in [0.1, 0.15) is 47.4 Å². The molecular weight excluding hydrogens is 368 g/mol. The molecule has 1 aliphatic rings. The molecule has 29 heavy (non-hydrogen) atoms. The van der Waals surface area contributed by atoms with Crippen molar-refractivity contribution in [2.24, 2.45) is 0 Å². The van der Waals surface area contributed by atoms with Crippen molar-refractivity contribution in [2.45, 2.75) is 32.8 Å². The predicted molar refractivity (Wildman–Crippen MR) is 110 cm³/mol. The molecule has 1 fully saturated rings. The number of esters is 1. The maximum atomic E-state index is 12.6. The Balaban J connectivity index is 1.66. The van der Waals surface area contributed by atoms with E-state index in [0.29, 0.717) is 18.7 Å². The summed E-state index contributed by atoms with van der Waals surface area (Å²) >= 11 is 0. The summed E-state index contributed by atoms with van der Waals surface area (Å²) < 4.78 is 16.8. The van der Waals surface area contributed by atoms with E-state index in [0.717, 1.165) is 38.6 Å². The number of benzene rings is 2. The van der Waals surface area contributed by atoms with Gasteiger partial charge in [0.1, 0.15) is 5.69 Å². The molecule has 2 N–H and O–H groups in total. The van der Waals surface area contributed by atoms with E-state index in [9.17, 15) is 4.79 Å². The molecule has 148 valence electrons. The van der Waals surface area contributed by atoms with E-state index in [1.165, 1.54) is 0 Å². The lowest BCUT2D eigenvalue weighted by Gasteiger charge is -2.33. The lowest BCUT2D eigenvalue weighted by atomic mass is 9.98. The molecular formula is C23H22N2O4. The van der Waals surface area contributed by atoms with E-state index in [2.05, 4.69) is 16.0 Å². The molecule has 2 aromatic heterocycles. The molecule has 1 saturated heterocycles. The Hall–Kier alpha value is -3.09. The second kappa shape index (κ2) is 7.06. The van der Waals surface area contributed by atoms with Crippen molar-refractivity contribution >= 4 is 27.8 Å². The standard InChI is InChI=1S/C23H22N2O4/c1-3-27-22(26)20-16(14-8-4-6-10-18(14)24-20)12-17-15-9-5-7-11-19(15)25-21(17)23-28-13(2)29-23/h4-11,13,23-25H,3,12H2,1-2H3. The first-order valence-corrected chi connectivity index (χ1v) is 9.82. The van der Waals surface area contributed by atoms with Crippen LogP contribution in [0.2, 0.25) is 0 Å². The number of hydrogen-bond acceptors (Lipinski definition) is 4. The molecule has 0 radical (unpaired) electrons. The van der Waals surface area contributed by atoms with Crippen LogP contribution in [-0.4, -0.2) is 28.8 Å². The summed E-state index contributed by atoms with van der Waals surface area (Å²) in [5, 5.41) is 2.10. The number of rotatable bonds is 5. The molecule has 6 heteroatoms. The van der Waals surface area contributed by atoms with Crippen LogP contribution in [0.4, 0.5) is 0 Å². The summed E-state index contributed by atoms with van der Waals surface area (Å²) in [4.78, 5) is 19.3. The number of hydrogen-bond donors (Lipinski definition) is 2. The van der Waals surface area contributed by atoms with Gasteiger partial charge in [-0.3, -0.25) is 0 Å². The fourth-order valence-corrected chi connectivity index (χ4v) is 4.04. The first-order valence-electron chi connectivity index (χ1n) is 9.82. The van der Waals surface area contributed by atoms with E-state index in [1.807, 2.05) is 56.3 Å². The van der Waals surface area contributed by atoms with Crippen molar-refractivity contribution in [3.63, 3.8) is 0 Å². The number of ether oxygens (including phenoxy) is 3. The van der Waals surface area contributed by atoms with Crippen molar-refractivity contribution in [1.82, 2.24) is 9.97 Å². The molecule has 0 spiro atoms. The topological polar surface area (TPSA) is 76.3 Å². The minimum Gasteiger partial charge on any atom is -0.461 e. The molecule has 0 aliphatic carbocycles. The molecule has 0 atom stereocenters. The summed E-state index contributed by atoms with van der Waals surface area (Å²) in [5.74, 6) is -0.343. The molecule has 0 unspecified atom stereocenters. The van der Waals surface area contributed by atoms with Gasteiger partial charge in [0.2, 0.25) is 6.29 Å². The van der Waals surface area contributed by atoms with Crippen molar-refractivity contribution < 1.29 is 19.0 Å². The predicted octanol–water partition coefficient (Wildman–Crippen LogP) is 4.81. The van der Waals surface area contributed by atoms with Gasteiger partial charge in [-0.15, -0.1) is 0 Å². The number of nitrogens with one attached hydrogen (secondary N) is 2. The van der Waals surface area contributed by atoms with Crippen LogP contribution in [0, 0.1) is 0 Å². The SMILES string of the molecule is CCOC(=O)c1[nH]c2ccccc2c1Cc1c(C2OC(C)O2)[nH]c2ccccc12. The fraction of sp³-hybridized carbons (Fsp3) is 0.261. The second-order valence-electron chi connectivity index (χ2n) is 7.16. The summed E-state index contributed by atoms with van der Waals surface area (Å²) in [6.07, 6.45) is -0.0964. The van der Waals surface area contributed by atoms with Crippen LogP contribution in [0.5, 0.6) is 0 Å². The minimum atomic E-state index is -0.427. The molecule has 0 saturated carbocycles. The highest BCUT2D eigenvalue weighted by atomic mass is 16.9. The summed E-state index contributed by atoms with van der Waals surface area (Å²) in [7, 11) is 0. The zero-order valence-corrected chi connectivity index (χ0v) is 16.3. The zero-order valence-electron chi connectivity index (χ0n) is 16.3. The molecule has 4 aromatic rings. The van der Waals surface area contributed by atoms with Gasteiger partial charge in [0.15, 0.2) is 6.29 Å². The third-order valence-corrected chi connectivity index (χ3v) is 5.36. The van der Waals surface area contributed by atoms with Gasteiger partial charge in [-0.05, 0) is 37.1 Å². The first kappa shape index (κ1) is 18.0. The summed E-state index contributed by atoms with van der Waals surface area (Å²) in [5.41, 5.74) is 5.29. The largest absolute Gasteiger partial charge is 0.461 e. The molecule has 5 rings (SSSR count). The first-order chi connectivity index (χ1) is 14.2. The van der Waals surface area contributed by atoms with Crippen LogP contribution in [0.15, 0.2) is 48.5 Å². The Morgan fingerprint density at radius 3 is 2.24 bits per heavy atom. The highest BCUT2D eigenvalue weighted by Gasteiger charge is 2.33. The molecule has 2 aromatic carbocycles. The maximum Gasteiger partial charge on any atom is 0.355 e. The van der Waals surface area contributed by atoms with Crippen molar-refractivity contribution in [3.05, 3.63) is 71.0 Å². The molecule has 3 heterocycles. The normalized spacial score (nSPS) is 18.8. The van der Waals surface area contributed by atoms with Crippen LogP contribution in [0.25, 0.3) is 21.8 Å². The van der Waals surface area contributed by atoms with E-state index in [-0.39, 0.29) is 12.3 Å². The van der Waals surface area contributed by atoms with Crippen molar-refractivity contribution in [2.75, 3.05) is 6.61 Å². The number of para-hydroxylation sites is 2. The number of fused-ring (bicyclic) bond motifs is 2. The Morgan fingerprint density at radius 2 is 1.59 bits per heavy atom. The smallest absolute Gasteiger partial charge is 0.355 e. The highest BCUT2D eigenvalue weighted by Crippen LogP contribution is 2.38. The van der Waals surface area contributed by atoms with Crippen molar-refractivity contribution in [1.29, 1.82) is 0 Å². The number of H-pyrrole nitrogens is 2. The Kier molecular flexibility index (Phi) is 4.38. The van der Waals surface area contributed by atoms with Crippen LogP contribution < -0.4 is 0 Å². The quantitative estimate of drug-likeness (QED) is 0.480. The average molecular weight is 390 g/mol.